The number of hydrogen-bond acceptors (Lipinski definition) is 8. The zero-order valence-corrected chi connectivity index (χ0v) is 30.0. The first-order valence-electron chi connectivity index (χ1n) is 14.3. The summed E-state index contributed by atoms with van der Waals surface area (Å²) in [4.78, 5) is 32.8. The van der Waals surface area contributed by atoms with Gasteiger partial charge in [-0.1, -0.05) is 63.7 Å². The zero-order chi connectivity index (χ0) is 32.2. The third-order valence-corrected chi connectivity index (χ3v) is 9.17. The molecule has 11 heteroatoms. The fraction of sp³-hybridized carbons (Fsp3) is 0.265. The maximum atomic E-state index is 14.3. The van der Waals surface area contributed by atoms with Gasteiger partial charge in [0.2, 0.25) is 0 Å². The van der Waals surface area contributed by atoms with Crippen LogP contribution in [0.1, 0.15) is 50.4 Å². The Morgan fingerprint density at radius 2 is 1.89 bits per heavy atom. The van der Waals surface area contributed by atoms with Crippen molar-refractivity contribution in [3.63, 3.8) is 0 Å². The molecule has 1 aliphatic rings. The minimum atomic E-state index is -0.791. The molecule has 0 fully saturated rings. The third-order valence-electron chi connectivity index (χ3n) is 6.93. The molecule has 0 bridgehead atoms. The number of allylic oxidation sites excluding steroid dienone is 1. The first-order chi connectivity index (χ1) is 21.6. The Bertz CT molecular complexity index is 1950. The van der Waals surface area contributed by atoms with Crippen LogP contribution in [0.3, 0.4) is 0 Å². The molecule has 0 saturated heterocycles. The molecule has 0 spiro atoms. The second-order valence-electron chi connectivity index (χ2n) is 10.5. The average Bonchev–Trinajstić information content (AvgIpc) is 3.30. The number of fused-ring (bicyclic) bond motifs is 1. The number of rotatable bonds is 10. The molecule has 45 heavy (non-hydrogen) atoms. The molecule has 4 aromatic rings. The number of thiazole rings is 1. The summed E-state index contributed by atoms with van der Waals surface area (Å²) in [6.45, 7) is 7.93. The van der Waals surface area contributed by atoms with Crippen molar-refractivity contribution < 1.29 is 23.7 Å². The Labute approximate surface area is 287 Å². The van der Waals surface area contributed by atoms with E-state index in [1.807, 2.05) is 68.5 Å². The fourth-order valence-corrected chi connectivity index (χ4v) is 7.77. The number of aromatic nitrogens is 1. The van der Waals surface area contributed by atoms with Crippen molar-refractivity contribution in [3.05, 3.63) is 116 Å². The summed E-state index contributed by atoms with van der Waals surface area (Å²) < 4.78 is 27.1. The van der Waals surface area contributed by atoms with Crippen LogP contribution >= 0.6 is 49.9 Å². The number of carbonyl (C=O) groups is 1. The number of nitrogens with zero attached hydrogens (tertiary/aromatic N) is 2. The zero-order valence-electron chi connectivity index (χ0n) is 25.4. The molecule has 3 aromatic carbocycles. The molecule has 8 nitrogen and oxygen atoms in total. The molecule has 0 radical (unpaired) electrons. The number of benzene rings is 3. The van der Waals surface area contributed by atoms with Crippen LogP contribution in [0.2, 0.25) is 0 Å². The summed E-state index contributed by atoms with van der Waals surface area (Å²) >= 11 is 7.09. The van der Waals surface area contributed by atoms with Gasteiger partial charge in [0.15, 0.2) is 16.3 Å². The normalized spacial score (nSPS) is 14.7. The van der Waals surface area contributed by atoms with Gasteiger partial charge in [-0.15, -0.1) is 0 Å². The van der Waals surface area contributed by atoms with Gasteiger partial charge in [0.1, 0.15) is 12.4 Å². The van der Waals surface area contributed by atoms with E-state index in [4.69, 9.17) is 23.9 Å². The van der Waals surface area contributed by atoms with Gasteiger partial charge >= 0.3 is 5.97 Å². The highest BCUT2D eigenvalue weighted by Gasteiger charge is 2.34. The Morgan fingerprint density at radius 3 is 2.58 bits per heavy atom. The Morgan fingerprint density at radius 1 is 1.13 bits per heavy atom. The molecular formula is C34H32BrIN2O6S. The molecule has 0 N–H and O–H groups in total. The topological polar surface area (TPSA) is 88.4 Å². The van der Waals surface area contributed by atoms with Crippen LogP contribution in [0, 0.1) is 3.57 Å². The summed E-state index contributed by atoms with van der Waals surface area (Å²) in [6.07, 6.45) is 1.75. The predicted octanol–water partition coefficient (Wildman–Crippen LogP) is 6.54. The van der Waals surface area contributed by atoms with E-state index in [-0.39, 0.29) is 18.3 Å². The monoisotopic (exact) mass is 802 g/mol. The molecular weight excluding hydrogens is 771 g/mol. The van der Waals surface area contributed by atoms with E-state index < -0.39 is 12.0 Å². The molecule has 0 aliphatic carbocycles. The molecule has 234 valence electrons. The lowest BCUT2D eigenvalue weighted by atomic mass is 9.95. The molecule has 1 aromatic heterocycles. The number of halogens is 2. The Balaban J connectivity index is 1.67. The van der Waals surface area contributed by atoms with Crippen LogP contribution in [0.4, 0.5) is 0 Å². The first-order valence-corrected chi connectivity index (χ1v) is 17.0. The van der Waals surface area contributed by atoms with Crippen LogP contribution in [-0.4, -0.2) is 30.4 Å². The molecule has 1 atom stereocenters. The summed E-state index contributed by atoms with van der Waals surface area (Å²) in [5, 5.41) is 0. The van der Waals surface area contributed by atoms with E-state index >= 15 is 0 Å². The number of esters is 1. The minimum Gasteiger partial charge on any atom is -0.493 e. The number of hydrogen-bond donors (Lipinski definition) is 0. The van der Waals surface area contributed by atoms with Crippen molar-refractivity contribution in [2.75, 3.05) is 13.7 Å². The van der Waals surface area contributed by atoms with Crippen LogP contribution in [-0.2, 0) is 16.1 Å². The Hall–Kier alpha value is -3.42. The van der Waals surface area contributed by atoms with E-state index in [2.05, 4.69) is 38.5 Å². The van der Waals surface area contributed by atoms with E-state index in [0.717, 1.165) is 19.2 Å². The summed E-state index contributed by atoms with van der Waals surface area (Å²) in [5.74, 6) is 1.19. The van der Waals surface area contributed by atoms with Crippen LogP contribution in [0.25, 0.3) is 6.08 Å². The van der Waals surface area contributed by atoms with Gasteiger partial charge in [-0.25, -0.2) is 9.79 Å². The van der Waals surface area contributed by atoms with Crippen molar-refractivity contribution in [1.29, 1.82) is 0 Å². The van der Waals surface area contributed by atoms with Crippen molar-refractivity contribution in [1.82, 2.24) is 4.57 Å². The van der Waals surface area contributed by atoms with Crippen molar-refractivity contribution >= 4 is 61.9 Å². The summed E-state index contributed by atoms with van der Waals surface area (Å²) in [5.41, 5.74) is 2.92. The van der Waals surface area contributed by atoms with Gasteiger partial charge in [0, 0.05) is 10.0 Å². The summed E-state index contributed by atoms with van der Waals surface area (Å²) in [6, 6.07) is 18.4. The lowest BCUT2D eigenvalue weighted by molar-refractivity contribution is -0.139. The van der Waals surface area contributed by atoms with E-state index in [0.29, 0.717) is 50.0 Å². The van der Waals surface area contributed by atoms with Gasteiger partial charge < -0.3 is 18.9 Å². The highest BCUT2D eigenvalue weighted by molar-refractivity contribution is 14.1. The molecule has 2 heterocycles. The van der Waals surface area contributed by atoms with Crippen LogP contribution in [0.15, 0.2) is 86.2 Å². The average molecular weight is 804 g/mol. The molecule has 0 saturated carbocycles. The van der Waals surface area contributed by atoms with E-state index in [1.165, 1.54) is 11.3 Å². The van der Waals surface area contributed by atoms with Crippen molar-refractivity contribution in [2.24, 2.45) is 4.99 Å². The highest BCUT2D eigenvalue weighted by Crippen LogP contribution is 2.37. The maximum Gasteiger partial charge on any atom is 0.338 e. The highest BCUT2D eigenvalue weighted by atomic mass is 127. The molecule has 0 unspecified atom stereocenters. The maximum absolute atomic E-state index is 14.3. The Kier molecular flexibility index (Phi) is 10.5. The van der Waals surface area contributed by atoms with E-state index in [9.17, 15) is 9.59 Å². The lowest BCUT2D eigenvalue weighted by Gasteiger charge is -2.25. The second-order valence-corrected chi connectivity index (χ2v) is 13.5. The first kappa shape index (κ1) is 33.0. The third kappa shape index (κ3) is 7.20. The lowest BCUT2D eigenvalue weighted by Crippen LogP contribution is -2.40. The van der Waals surface area contributed by atoms with Gasteiger partial charge in [-0.2, -0.15) is 0 Å². The van der Waals surface area contributed by atoms with Gasteiger partial charge in [-0.3, -0.25) is 9.36 Å². The smallest absolute Gasteiger partial charge is 0.338 e. The van der Waals surface area contributed by atoms with Gasteiger partial charge in [0.25, 0.3) is 5.56 Å². The molecule has 0 amide bonds. The largest absolute Gasteiger partial charge is 0.493 e. The minimum absolute atomic E-state index is 0.0673. The standard InChI is InChI=1S/C34H32BrIN2O6S/c1-6-42-33(40)29-20(4)37-34-38(30(29)22-12-13-26(44-19(2)3)27(15-22)41-5)32(39)28(45-34)16-23-14-24(35)17-25(36)31(23)43-18-21-10-8-7-9-11-21/h7-17,19,30H,6,18H2,1-5H3/b28-16+/t30-/m0/s1. The fourth-order valence-electron chi connectivity index (χ4n) is 5.02. The van der Waals surface area contributed by atoms with Crippen molar-refractivity contribution in [3.8, 4) is 17.2 Å². The second kappa shape index (κ2) is 14.3. The summed E-state index contributed by atoms with van der Waals surface area (Å²) in [7, 11) is 1.56. The SMILES string of the molecule is CCOC(=O)C1=C(C)N=c2s/c(=C/c3cc(Br)cc(I)c3OCc3ccccc3)c(=O)n2[C@H]1c1ccc(OC(C)C)c(OC)c1. The number of methoxy groups -OCH3 is 1. The van der Waals surface area contributed by atoms with Gasteiger partial charge in [-0.05, 0) is 91.8 Å². The molecule has 1 aliphatic heterocycles. The molecule has 5 rings (SSSR count). The van der Waals surface area contributed by atoms with E-state index in [1.54, 1.807) is 37.7 Å². The van der Waals surface area contributed by atoms with Crippen molar-refractivity contribution in [2.45, 2.75) is 46.4 Å². The quantitative estimate of drug-likeness (QED) is 0.134. The number of ether oxygens (including phenoxy) is 4. The predicted molar refractivity (Wildman–Crippen MR) is 187 cm³/mol. The van der Waals surface area contributed by atoms with Crippen LogP contribution < -0.4 is 29.1 Å². The number of carbonyl (C=O) groups excluding carboxylic acids is 1. The van der Waals surface area contributed by atoms with Crippen LogP contribution in [0.5, 0.6) is 17.2 Å². The van der Waals surface area contributed by atoms with Gasteiger partial charge in [0.05, 0.1) is 45.2 Å².